The lowest BCUT2D eigenvalue weighted by Gasteiger charge is -2.02. The van der Waals surface area contributed by atoms with E-state index in [2.05, 4.69) is 10.4 Å². The Hall–Kier alpha value is -2.21. The first-order valence-corrected chi connectivity index (χ1v) is 6.19. The Kier molecular flexibility index (Phi) is 2.60. The van der Waals surface area contributed by atoms with Crippen molar-refractivity contribution in [2.75, 3.05) is 7.05 Å². The Morgan fingerprint density at radius 2 is 2.16 bits per heavy atom. The molecule has 1 aliphatic heterocycles. The Labute approximate surface area is 115 Å². The van der Waals surface area contributed by atoms with E-state index in [4.69, 9.17) is 12.2 Å². The lowest BCUT2D eigenvalue weighted by atomic mass is 10.1. The zero-order valence-electron chi connectivity index (χ0n) is 10.5. The zero-order valence-corrected chi connectivity index (χ0v) is 11.4. The molecule has 0 atom stereocenters. The molecule has 6 heteroatoms. The molecule has 2 heterocycles. The second-order valence-electron chi connectivity index (χ2n) is 4.47. The molecule has 0 bridgehead atoms. The molecule has 1 saturated heterocycles. The minimum absolute atomic E-state index is 0.115. The van der Waals surface area contributed by atoms with Crippen molar-refractivity contribution in [2.24, 2.45) is 7.05 Å². The highest BCUT2D eigenvalue weighted by Crippen LogP contribution is 2.18. The first kappa shape index (κ1) is 11.9. The second-order valence-corrected chi connectivity index (χ2v) is 4.86. The Morgan fingerprint density at radius 3 is 2.84 bits per heavy atom. The third kappa shape index (κ3) is 2.00. The summed E-state index contributed by atoms with van der Waals surface area (Å²) in [6.45, 7) is 0. The van der Waals surface area contributed by atoms with E-state index < -0.39 is 0 Å². The van der Waals surface area contributed by atoms with E-state index in [-0.39, 0.29) is 5.91 Å². The molecular formula is C13H12N4OS. The van der Waals surface area contributed by atoms with Crippen molar-refractivity contribution in [3.63, 3.8) is 0 Å². The van der Waals surface area contributed by atoms with Crippen LogP contribution in [0.25, 0.3) is 17.0 Å². The number of nitrogens with one attached hydrogen (secondary N) is 1. The standard InChI is InChI=1S/C13H12N4OS/c1-16-7-9-5-8(3-4-10(9)15-16)6-11-12(18)17(2)13(19)14-11/h3-7H,1-2H3,(H,14,19)/b11-6-. The highest BCUT2D eigenvalue weighted by molar-refractivity contribution is 7.80. The number of benzene rings is 1. The van der Waals surface area contributed by atoms with Gasteiger partial charge in [-0.05, 0) is 36.0 Å². The van der Waals surface area contributed by atoms with Crippen molar-refractivity contribution in [3.05, 3.63) is 35.7 Å². The highest BCUT2D eigenvalue weighted by Gasteiger charge is 2.26. The quantitative estimate of drug-likeness (QED) is 0.627. The van der Waals surface area contributed by atoms with Gasteiger partial charge in [-0.3, -0.25) is 14.4 Å². The Bertz CT molecular complexity index is 731. The summed E-state index contributed by atoms with van der Waals surface area (Å²) in [6.07, 6.45) is 3.74. The molecule has 1 aromatic carbocycles. The highest BCUT2D eigenvalue weighted by atomic mass is 32.1. The average Bonchev–Trinajstić information content (AvgIpc) is 2.84. The van der Waals surface area contributed by atoms with E-state index in [1.165, 1.54) is 4.90 Å². The average molecular weight is 272 g/mol. The van der Waals surface area contributed by atoms with E-state index in [0.717, 1.165) is 16.5 Å². The van der Waals surface area contributed by atoms with E-state index in [0.29, 0.717) is 10.8 Å². The summed E-state index contributed by atoms with van der Waals surface area (Å²) in [6, 6.07) is 5.85. The molecule has 96 valence electrons. The fraction of sp³-hybridized carbons (Fsp3) is 0.154. The van der Waals surface area contributed by atoms with Crippen LogP contribution in [0.1, 0.15) is 5.56 Å². The molecule has 1 aromatic heterocycles. The number of rotatable bonds is 1. The molecule has 1 fully saturated rings. The first-order chi connectivity index (χ1) is 9.04. The van der Waals surface area contributed by atoms with Crippen LogP contribution in [0, 0.1) is 0 Å². The number of hydrogen-bond donors (Lipinski definition) is 1. The zero-order chi connectivity index (χ0) is 13.6. The van der Waals surface area contributed by atoms with E-state index in [1.807, 2.05) is 31.4 Å². The Balaban J connectivity index is 2.01. The fourth-order valence-corrected chi connectivity index (χ4v) is 2.24. The van der Waals surface area contributed by atoms with Gasteiger partial charge in [-0.2, -0.15) is 5.10 Å². The second kappa shape index (κ2) is 4.17. The van der Waals surface area contributed by atoms with Crippen molar-refractivity contribution in [1.82, 2.24) is 20.0 Å². The van der Waals surface area contributed by atoms with E-state index >= 15 is 0 Å². The summed E-state index contributed by atoms with van der Waals surface area (Å²) in [5.74, 6) is -0.115. The van der Waals surface area contributed by atoms with Crippen LogP contribution in [0.3, 0.4) is 0 Å². The molecule has 0 aliphatic carbocycles. The molecule has 3 rings (SSSR count). The van der Waals surface area contributed by atoms with Crippen molar-refractivity contribution in [2.45, 2.75) is 0 Å². The van der Waals surface area contributed by atoms with Crippen LogP contribution in [0.2, 0.25) is 0 Å². The normalized spacial score (nSPS) is 17.6. The van der Waals surface area contributed by atoms with Gasteiger partial charge in [-0.1, -0.05) is 6.07 Å². The number of nitrogens with zero attached hydrogens (tertiary/aromatic N) is 3. The van der Waals surface area contributed by atoms with Gasteiger partial charge >= 0.3 is 0 Å². The van der Waals surface area contributed by atoms with Gasteiger partial charge in [0, 0.05) is 25.7 Å². The van der Waals surface area contributed by atoms with Crippen LogP contribution >= 0.6 is 12.2 Å². The number of carbonyl (C=O) groups excluding carboxylic acids is 1. The number of amides is 1. The molecule has 0 radical (unpaired) electrons. The van der Waals surface area contributed by atoms with E-state index in [1.54, 1.807) is 17.8 Å². The van der Waals surface area contributed by atoms with Crippen LogP contribution in [0.15, 0.2) is 30.1 Å². The van der Waals surface area contributed by atoms with E-state index in [9.17, 15) is 4.79 Å². The summed E-state index contributed by atoms with van der Waals surface area (Å²) in [7, 11) is 3.54. The molecule has 1 amide bonds. The molecule has 0 unspecified atom stereocenters. The van der Waals surface area contributed by atoms with Gasteiger partial charge in [0.05, 0.1) is 5.52 Å². The molecule has 2 aromatic rings. The summed E-state index contributed by atoms with van der Waals surface area (Å²) >= 11 is 5.03. The lowest BCUT2D eigenvalue weighted by molar-refractivity contribution is -0.121. The van der Waals surface area contributed by atoms with Crippen LogP contribution in [0.5, 0.6) is 0 Å². The predicted molar refractivity (Wildman–Crippen MR) is 77.2 cm³/mol. The van der Waals surface area contributed by atoms with Crippen LogP contribution in [-0.2, 0) is 11.8 Å². The largest absolute Gasteiger partial charge is 0.328 e. The molecule has 1 N–H and O–H groups in total. The van der Waals surface area contributed by atoms with Crippen LogP contribution < -0.4 is 5.32 Å². The maximum absolute atomic E-state index is 11.9. The van der Waals surface area contributed by atoms with Crippen molar-refractivity contribution in [1.29, 1.82) is 0 Å². The number of likely N-dealkylation sites (N-methyl/N-ethyl adjacent to an activating group) is 1. The molecule has 5 nitrogen and oxygen atoms in total. The molecular weight excluding hydrogens is 260 g/mol. The number of fused-ring (bicyclic) bond motifs is 1. The first-order valence-electron chi connectivity index (χ1n) is 5.79. The number of hydrogen-bond acceptors (Lipinski definition) is 3. The topological polar surface area (TPSA) is 50.2 Å². The fourth-order valence-electron chi connectivity index (χ4n) is 2.05. The number of aromatic nitrogens is 2. The third-order valence-corrected chi connectivity index (χ3v) is 3.41. The third-order valence-electron chi connectivity index (χ3n) is 3.04. The number of thiocarbonyl (C=S) groups is 1. The van der Waals surface area contributed by atoms with Crippen LogP contribution in [0.4, 0.5) is 0 Å². The van der Waals surface area contributed by atoms with Crippen molar-refractivity contribution in [3.8, 4) is 0 Å². The SMILES string of the molecule is CN1C(=O)/C(=C/c2ccc3nn(C)cc3c2)NC1=S. The summed E-state index contributed by atoms with van der Waals surface area (Å²) in [4.78, 5) is 13.3. The summed E-state index contributed by atoms with van der Waals surface area (Å²) in [5, 5.41) is 8.68. The summed E-state index contributed by atoms with van der Waals surface area (Å²) in [5.41, 5.74) is 2.37. The lowest BCUT2D eigenvalue weighted by Crippen LogP contribution is -2.25. The van der Waals surface area contributed by atoms with Gasteiger partial charge in [0.1, 0.15) is 5.70 Å². The van der Waals surface area contributed by atoms with Crippen molar-refractivity contribution >= 4 is 40.2 Å². The maximum atomic E-state index is 11.9. The van der Waals surface area contributed by atoms with Gasteiger partial charge in [0.25, 0.3) is 5.91 Å². The predicted octanol–water partition coefficient (Wildman–Crippen LogP) is 1.26. The Morgan fingerprint density at radius 1 is 1.37 bits per heavy atom. The summed E-state index contributed by atoms with van der Waals surface area (Å²) < 4.78 is 1.77. The smallest absolute Gasteiger partial charge is 0.276 e. The molecule has 0 saturated carbocycles. The molecule has 1 aliphatic rings. The van der Waals surface area contributed by atoms with Crippen molar-refractivity contribution < 1.29 is 4.79 Å². The van der Waals surface area contributed by atoms with Gasteiger partial charge < -0.3 is 5.32 Å². The van der Waals surface area contributed by atoms with Gasteiger partial charge in [0.2, 0.25) is 0 Å². The van der Waals surface area contributed by atoms with Gasteiger partial charge in [0.15, 0.2) is 5.11 Å². The minimum Gasteiger partial charge on any atom is -0.328 e. The minimum atomic E-state index is -0.115. The van der Waals surface area contributed by atoms with Gasteiger partial charge in [-0.25, -0.2) is 0 Å². The molecule has 0 spiro atoms. The van der Waals surface area contributed by atoms with Crippen LogP contribution in [-0.4, -0.2) is 32.7 Å². The van der Waals surface area contributed by atoms with Gasteiger partial charge in [-0.15, -0.1) is 0 Å². The number of aryl methyl sites for hydroxylation is 1. The monoisotopic (exact) mass is 272 g/mol. The number of carbonyl (C=O) groups is 1. The maximum Gasteiger partial charge on any atom is 0.276 e. The molecule has 19 heavy (non-hydrogen) atoms.